The summed E-state index contributed by atoms with van der Waals surface area (Å²) in [5.74, 6) is -0.213. The average molecular weight is 420 g/mol. The van der Waals surface area contributed by atoms with E-state index in [2.05, 4.69) is 9.71 Å². The van der Waals surface area contributed by atoms with Crippen molar-refractivity contribution in [2.75, 3.05) is 4.72 Å². The van der Waals surface area contributed by atoms with E-state index >= 15 is 0 Å². The number of nitrogens with one attached hydrogen (secondary N) is 1. The highest BCUT2D eigenvalue weighted by atomic mass is 32.2. The van der Waals surface area contributed by atoms with Crippen molar-refractivity contribution in [2.24, 2.45) is 0 Å². The van der Waals surface area contributed by atoms with Crippen molar-refractivity contribution >= 4 is 15.7 Å². The molecule has 7 heteroatoms. The summed E-state index contributed by atoms with van der Waals surface area (Å²) < 4.78 is 29.6. The maximum atomic E-state index is 12.7. The summed E-state index contributed by atoms with van der Waals surface area (Å²) in [4.78, 5) is 4.13. The van der Waals surface area contributed by atoms with Gasteiger partial charge in [0.15, 0.2) is 0 Å². The molecule has 1 heterocycles. The number of sulfonamides is 1. The molecule has 0 aliphatic carbocycles. The summed E-state index contributed by atoms with van der Waals surface area (Å²) in [5, 5.41) is 10.3. The lowest BCUT2D eigenvalue weighted by molar-refractivity contribution is 0.472. The van der Waals surface area contributed by atoms with Crippen LogP contribution in [0.5, 0.6) is 5.75 Å². The molecule has 2 N–H and O–H groups in total. The minimum absolute atomic E-state index is 0.0429. The van der Waals surface area contributed by atoms with Crippen LogP contribution in [0.1, 0.15) is 11.3 Å². The van der Waals surface area contributed by atoms with E-state index in [-0.39, 0.29) is 11.5 Å². The normalized spacial score (nSPS) is 11.4. The molecular formula is C23H21N3O3S. The SMILES string of the molecule is Cc1cn(-c2ccc(NS(=O)(=O)Cc3cccc(-c4ccccc4)c3)cc2O)cn1. The van der Waals surface area contributed by atoms with E-state index in [9.17, 15) is 13.5 Å². The number of hydrogen-bond acceptors (Lipinski definition) is 4. The summed E-state index contributed by atoms with van der Waals surface area (Å²) in [5.41, 5.74) is 4.30. The standard InChI is InChI=1S/C23H21N3O3S/c1-17-14-26(16-24-17)22-11-10-21(13-23(22)27)25-30(28,29)15-18-6-5-9-20(12-18)19-7-3-2-4-8-19/h2-14,16,25,27H,15H2,1H3. The maximum absolute atomic E-state index is 12.7. The number of anilines is 1. The quantitative estimate of drug-likeness (QED) is 0.482. The molecule has 30 heavy (non-hydrogen) atoms. The number of nitrogens with zero attached hydrogens (tertiary/aromatic N) is 2. The molecule has 1 aromatic heterocycles. The molecule has 0 saturated carbocycles. The van der Waals surface area contributed by atoms with Crippen LogP contribution in [-0.4, -0.2) is 23.1 Å². The lowest BCUT2D eigenvalue weighted by Crippen LogP contribution is -2.15. The number of rotatable bonds is 6. The van der Waals surface area contributed by atoms with Gasteiger partial charge in [0, 0.05) is 12.3 Å². The van der Waals surface area contributed by atoms with Gasteiger partial charge in [0.25, 0.3) is 0 Å². The van der Waals surface area contributed by atoms with Gasteiger partial charge >= 0.3 is 0 Å². The smallest absolute Gasteiger partial charge is 0.236 e. The molecule has 0 amide bonds. The maximum Gasteiger partial charge on any atom is 0.236 e. The molecule has 0 fully saturated rings. The van der Waals surface area contributed by atoms with Crippen molar-refractivity contribution in [3.63, 3.8) is 0 Å². The Morgan fingerprint density at radius 2 is 1.73 bits per heavy atom. The fourth-order valence-corrected chi connectivity index (χ4v) is 4.44. The molecule has 0 aliphatic rings. The second kappa shape index (κ2) is 8.04. The molecule has 0 atom stereocenters. The van der Waals surface area contributed by atoms with Crippen molar-refractivity contribution in [2.45, 2.75) is 12.7 Å². The van der Waals surface area contributed by atoms with Crippen LogP contribution >= 0.6 is 0 Å². The minimum Gasteiger partial charge on any atom is -0.506 e. The van der Waals surface area contributed by atoms with Gasteiger partial charge in [-0.2, -0.15) is 0 Å². The van der Waals surface area contributed by atoms with Gasteiger partial charge in [0.1, 0.15) is 5.75 Å². The van der Waals surface area contributed by atoms with E-state index in [1.165, 1.54) is 6.07 Å². The Kier molecular flexibility index (Phi) is 5.29. The summed E-state index contributed by atoms with van der Waals surface area (Å²) in [6, 6.07) is 21.9. The Morgan fingerprint density at radius 1 is 0.967 bits per heavy atom. The van der Waals surface area contributed by atoms with Crippen LogP contribution in [-0.2, 0) is 15.8 Å². The minimum atomic E-state index is -3.66. The number of phenolic OH excluding ortho intramolecular Hbond substituents is 1. The highest BCUT2D eigenvalue weighted by Gasteiger charge is 2.14. The number of phenols is 1. The molecule has 0 bridgehead atoms. The van der Waals surface area contributed by atoms with Gasteiger partial charge in [-0.15, -0.1) is 0 Å². The van der Waals surface area contributed by atoms with E-state index in [1.54, 1.807) is 35.3 Å². The van der Waals surface area contributed by atoms with E-state index in [0.29, 0.717) is 16.9 Å². The van der Waals surface area contributed by atoms with Crippen molar-refractivity contribution in [1.82, 2.24) is 9.55 Å². The first-order valence-corrected chi connectivity index (χ1v) is 11.0. The van der Waals surface area contributed by atoms with Gasteiger partial charge < -0.3 is 9.67 Å². The van der Waals surface area contributed by atoms with Crippen LogP contribution in [0.3, 0.4) is 0 Å². The summed E-state index contributed by atoms with van der Waals surface area (Å²) >= 11 is 0. The van der Waals surface area contributed by atoms with Gasteiger partial charge in [0.05, 0.1) is 29.1 Å². The highest BCUT2D eigenvalue weighted by Crippen LogP contribution is 2.27. The Bertz CT molecular complexity index is 1280. The van der Waals surface area contributed by atoms with Crippen molar-refractivity contribution < 1.29 is 13.5 Å². The van der Waals surface area contributed by atoms with Crippen LogP contribution in [0.4, 0.5) is 5.69 Å². The molecule has 6 nitrogen and oxygen atoms in total. The summed E-state index contributed by atoms with van der Waals surface area (Å²) in [7, 11) is -3.66. The van der Waals surface area contributed by atoms with E-state index in [0.717, 1.165) is 16.8 Å². The molecular weight excluding hydrogens is 398 g/mol. The predicted octanol–water partition coefficient (Wildman–Crippen LogP) is 4.50. The molecule has 0 radical (unpaired) electrons. The predicted molar refractivity (Wildman–Crippen MR) is 118 cm³/mol. The van der Waals surface area contributed by atoms with Crippen LogP contribution in [0, 0.1) is 6.92 Å². The van der Waals surface area contributed by atoms with E-state index < -0.39 is 10.0 Å². The zero-order valence-electron chi connectivity index (χ0n) is 16.4. The van der Waals surface area contributed by atoms with Gasteiger partial charge in [-0.25, -0.2) is 13.4 Å². The lowest BCUT2D eigenvalue weighted by Gasteiger charge is -2.11. The van der Waals surface area contributed by atoms with Crippen LogP contribution in [0.2, 0.25) is 0 Å². The Labute approximate surface area is 175 Å². The third kappa shape index (κ3) is 4.52. The van der Waals surface area contributed by atoms with Crippen LogP contribution in [0.15, 0.2) is 85.3 Å². The van der Waals surface area contributed by atoms with Crippen LogP contribution < -0.4 is 4.72 Å². The van der Waals surface area contributed by atoms with E-state index in [1.807, 2.05) is 55.5 Å². The highest BCUT2D eigenvalue weighted by molar-refractivity contribution is 7.91. The fourth-order valence-electron chi connectivity index (χ4n) is 3.26. The Morgan fingerprint density at radius 3 is 2.43 bits per heavy atom. The van der Waals surface area contributed by atoms with Crippen molar-refractivity contribution in [3.8, 4) is 22.6 Å². The van der Waals surface area contributed by atoms with Gasteiger partial charge in [-0.3, -0.25) is 4.72 Å². The molecule has 3 aromatic carbocycles. The Balaban J connectivity index is 1.52. The van der Waals surface area contributed by atoms with Crippen molar-refractivity contribution in [1.29, 1.82) is 0 Å². The number of hydrogen-bond donors (Lipinski definition) is 2. The third-order valence-electron chi connectivity index (χ3n) is 4.63. The number of benzene rings is 3. The van der Waals surface area contributed by atoms with Gasteiger partial charge in [0.2, 0.25) is 10.0 Å². The zero-order chi connectivity index (χ0) is 21.1. The molecule has 152 valence electrons. The molecule has 4 rings (SSSR count). The zero-order valence-corrected chi connectivity index (χ0v) is 17.2. The number of aromatic hydroxyl groups is 1. The number of imidazole rings is 1. The first kappa shape index (κ1) is 19.7. The lowest BCUT2D eigenvalue weighted by atomic mass is 10.0. The third-order valence-corrected chi connectivity index (χ3v) is 5.89. The monoisotopic (exact) mass is 419 g/mol. The number of aromatic nitrogens is 2. The molecule has 0 saturated heterocycles. The first-order valence-electron chi connectivity index (χ1n) is 9.38. The first-order chi connectivity index (χ1) is 14.4. The molecule has 0 spiro atoms. The Hall–Kier alpha value is -3.58. The average Bonchev–Trinajstić information content (AvgIpc) is 3.14. The molecule has 4 aromatic rings. The summed E-state index contributed by atoms with van der Waals surface area (Å²) in [6.07, 6.45) is 3.37. The second-order valence-electron chi connectivity index (χ2n) is 7.05. The summed E-state index contributed by atoms with van der Waals surface area (Å²) in [6.45, 7) is 1.85. The van der Waals surface area contributed by atoms with Crippen LogP contribution in [0.25, 0.3) is 16.8 Å². The van der Waals surface area contributed by atoms with E-state index in [4.69, 9.17) is 0 Å². The van der Waals surface area contributed by atoms with Crippen molar-refractivity contribution in [3.05, 3.63) is 96.6 Å². The largest absolute Gasteiger partial charge is 0.506 e. The second-order valence-corrected chi connectivity index (χ2v) is 8.78. The fraction of sp³-hybridized carbons (Fsp3) is 0.0870. The van der Waals surface area contributed by atoms with Gasteiger partial charge in [-0.05, 0) is 35.7 Å². The van der Waals surface area contributed by atoms with Gasteiger partial charge in [-0.1, -0.05) is 54.6 Å². The topological polar surface area (TPSA) is 84.2 Å². The molecule has 0 unspecified atom stereocenters. The molecule has 0 aliphatic heterocycles. The number of aryl methyl sites for hydroxylation is 1.